The van der Waals surface area contributed by atoms with Crippen molar-refractivity contribution in [2.24, 2.45) is 0 Å². The molecule has 0 aromatic heterocycles. The van der Waals surface area contributed by atoms with Crippen molar-refractivity contribution in [3.8, 4) is 5.75 Å². The monoisotopic (exact) mass is 395 g/mol. The van der Waals surface area contributed by atoms with Gasteiger partial charge in [-0.15, -0.1) is 0 Å². The van der Waals surface area contributed by atoms with Gasteiger partial charge in [0.15, 0.2) is 0 Å². The van der Waals surface area contributed by atoms with Crippen LogP contribution in [0.2, 0.25) is 0 Å². The minimum Gasteiger partial charge on any atom is -0.466 e. The van der Waals surface area contributed by atoms with Crippen LogP contribution in [0.15, 0.2) is 42.5 Å². The third-order valence-electron chi connectivity index (χ3n) is 5.44. The Kier molecular flexibility index (Phi) is 6.04. The highest BCUT2D eigenvalue weighted by atomic mass is 16.5. The van der Waals surface area contributed by atoms with Gasteiger partial charge < -0.3 is 14.2 Å². The molecule has 0 radical (unpaired) electrons. The minimum atomic E-state index is -0.859. The maximum Gasteiger partial charge on any atom is 0.259 e. The van der Waals surface area contributed by atoms with E-state index in [1.165, 1.54) is 0 Å². The maximum absolute atomic E-state index is 12.6. The van der Waals surface area contributed by atoms with Gasteiger partial charge >= 0.3 is 0 Å². The molecule has 2 aromatic rings. The molecule has 1 fully saturated rings. The number of rotatable bonds is 6. The molecular weight excluding hydrogens is 370 g/mol. The highest BCUT2D eigenvalue weighted by molar-refractivity contribution is 6.46. The van der Waals surface area contributed by atoms with Crippen LogP contribution in [0, 0.1) is 6.92 Å². The average molecular weight is 395 g/mol. The molecule has 0 aliphatic carbocycles. The molecule has 29 heavy (non-hydrogen) atoms. The van der Waals surface area contributed by atoms with Gasteiger partial charge in [0.2, 0.25) is 12.0 Å². The lowest BCUT2D eigenvalue weighted by Crippen LogP contribution is -2.54. The van der Waals surface area contributed by atoms with Gasteiger partial charge in [-0.1, -0.05) is 36.4 Å². The molecule has 2 aromatic carbocycles. The Morgan fingerprint density at radius 2 is 1.83 bits per heavy atom. The number of fused-ring (bicyclic) bond motifs is 1. The Hall–Kier alpha value is -2.54. The fraction of sp³-hybridized carbons (Fsp3) is 0.391. The van der Waals surface area contributed by atoms with E-state index in [0.29, 0.717) is 57.3 Å². The predicted molar refractivity (Wildman–Crippen MR) is 107 cm³/mol. The molecule has 0 amide bonds. The van der Waals surface area contributed by atoms with Gasteiger partial charge in [-0.2, -0.15) is 0 Å². The van der Waals surface area contributed by atoms with Crippen LogP contribution in [0.4, 0.5) is 0 Å². The van der Waals surface area contributed by atoms with Crippen molar-refractivity contribution >= 4 is 11.6 Å². The van der Waals surface area contributed by atoms with Crippen LogP contribution in [0.3, 0.4) is 0 Å². The van der Waals surface area contributed by atoms with Gasteiger partial charge in [-0.05, 0) is 36.1 Å². The van der Waals surface area contributed by atoms with Gasteiger partial charge in [0.05, 0.1) is 32.0 Å². The molecule has 0 saturated carbocycles. The predicted octanol–water partition coefficient (Wildman–Crippen LogP) is 2.56. The SMILES string of the molecule is Cc1c(CCOCc2ccccc2)ccc2c1OC(N1CCOCC1)C(=O)C2=O. The van der Waals surface area contributed by atoms with Crippen molar-refractivity contribution in [1.29, 1.82) is 0 Å². The summed E-state index contributed by atoms with van der Waals surface area (Å²) in [6.45, 7) is 5.28. The van der Waals surface area contributed by atoms with E-state index in [4.69, 9.17) is 14.2 Å². The third kappa shape index (κ3) is 4.24. The number of ketones is 2. The molecular formula is C23H25NO5. The molecule has 2 aliphatic rings. The summed E-state index contributed by atoms with van der Waals surface area (Å²) in [5, 5.41) is 0. The molecule has 0 N–H and O–H groups in total. The topological polar surface area (TPSA) is 65.1 Å². The van der Waals surface area contributed by atoms with E-state index in [9.17, 15) is 9.59 Å². The second-order valence-electron chi connectivity index (χ2n) is 7.33. The Labute approximate surface area is 170 Å². The van der Waals surface area contributed by atoms with Crippen LogP contribution < -0.4 is 4.74 Å². The lowest BCUT2D eigenvalue weighted by atomic mass is 9.95. The Morgan fingerprint density at radius 1 is 1.07 bits per heavy atom. The molecule has 1 saturated heterocycles. The molecule has 4 rings (SSSR count). The molecule has 0 bridgehead atoms. The van der Waals surface area contributed by atoms with E-state index in [-0.39, 0.29) is 0 Å². The maximum atomic E-state index is 12.6. The van der Waals surface area contributed by atoms with Crippen molar-refractivity contribution in [2.45, 2.75) is 26.2 Å². The van der Waals surface area contributed by atoms with Gasteiger partial charge in [0, 0.05) is 13.1 Å². The third-order valence-corrected chi connectivity index (χ3v) is 5.44. The van der Waals surface area contributed by atoms with E-state index in [1.807, 2.05) is 48.2 Å². The first-order valence-electron chi connectivity index (χ1n) is 9.96. The number of morpholine rings is 1. The largest absolute Gasteiger partial charge is 0.466 e. The summed E-state index contributed by atoms with van der Waals surface area (Å²) in [6.07, 6.45) is -0.151. The van der Waals surface area contributed by atoms with E-state index in [0.717, 1.165) is 16.7 Å². The van der Waals surface area contributed by atoms with Crippen molar-refractivity contribution < 1.29 is 23.8 Å². The Morgan fingerprint density at radius 3 is 2.59 bits per heavy atom. The lowest BCUT2D eigenvalue weighted by molar-refractivity contribution is -0.134. The molecule has 0 spiro atoms. The molecule has 6 nitrogen and oxygen atoms in total. The number of hydrogen-bond donors (Lipinski definition) is 0. The Balaban J connectivity index is 1.45. The van der Waals surface area contributed by atoms with Crippen LogP contribution in [0.1, 0.15) is 27.0 Å². The number of nitrogens with zero attached hydrogens (tertiary/aromatic N) is 1. The highest BCUT2D eigenvalue weighted by Gasteiger charge is 2.40. The standard InChI is InChI=1S/C23H25NO5/c1-16-18(9-12-28-15-17-5-3-2-4-6-17)7-8-19-20(25)21(26)23(29-22(16)19)24-10-13-27-14-11-24/h2-8,23H,9-15H2,1H3. The van der Waals surface area contributed by atoms with Crippen LogP contribution in [0.25, 0.3) is 0 Å². The summed E-state index contributed by atoms with van der Waals surface area (Å²) in [5.74, 6) is -0.456. The summed E-state index contributed by atoms with van der Waals surface area (Å²) < 4.78 is 17.2. The number of ether oxygens (including phenoxy) is 3. The smallest absolute Gasteiger partial charge is 0.259 e. The van der Waals surface area contributed by atoms with E-state index in [1.54, 1.807) is 6.07 Å². The summed E-state index contributed by atoms with van der Waals surface area (Å²) in [5.41, 5.74) is 3.44. The van der Waals surface area contributed by atoms with Crippen LogP contribution in [-0.2, 0) is 27.3 Å². The molecule has 1 atom stereocenters. The van der Waals surface area contributed by atoms with Crippen molar-refractivity contribution in [2.75, 3.05) is 32.9 Å². The number of benzene rings is 2. The second-order valence-corrected chi connectivity index (χ2v) is 7.33. The van der Waals surface area contributed by atoms with E-state index < -0.39 is 17.8 Å². The highest BCUT2D eigenvalue weighted by Crippen LogP contribution is 2.33. The first-order chi connectivity index (χ1) is 14.1. The molecule has 2 heterocycles. The van der Waals surface area contributed by atoms with Gasteiger partial charge in [0.25, 0.3) is 5.78 Å². The average Bonchev–Trinajstić information content (AvgIpc) is 2.76. The first-order valence-corrected chi connectivity index (χ1v) is 9.96. The fourth-order valence-electron chi connectivity index (χ4n) is 3.74. The number of carbonyl (C=O) groups excluding carboxylic acids is 2. The lowest BCUT2D eigenvalue weighted by Gasteiger charge is -2.36. The quantitative estimate of drug-likeness (QED) is 0.553. The van der Waals surface area contributed by atoms with E-state index >= 15 is 0 Å². The zero-order valence-electron chi connectivity index (χ0n) is 16.6. The summed E-state index contributed by atoms with van der Waals surface area (Å²) in [6, 6.07) is 13.6. The summed E-state index contributed by atoms with van der Waals surface area (Å²) in [4.78, 5) is 27.1. The first kappa shape index (κ1) is 19.8. The van der Waals surface area contributed by atoms with Crippen molar-refractivity contribution in [3.05, 3.63) is 64.7 Å². The number of carbonyl (C=O) groups is 2. The van der Waals surface area contributed by atoms with Crippen molar-refractivity contribution in [3.63, 3.8) is 0 Å². The van der Waals surface area contributed by atoms with Gasteiger partial charge in [0.1, 0.15) is 5.75 Å². The summed E-state index contributed by atoms with van der Waals surface area (Å²) >= 11 is 0. The van der Waals surface area contributed by atoms with Crippen LogP contribution in [-0.4, -0.2) is 55.6 Å². The zero-order chi connectivity index (χ0) is 20.2. The molecule has 6 heteroatoms. The Bertz CT molecular complexity index is 890. The summed E-state index contributed by atoms with van der Waals surface area (Å²) in [7, 11) is 0. The number of hydrogen-bond acceptors (Lipinski definition) is 6. The second kappa shape index (κ2) is 8.86. The fourth-order valence-corrected chi connectivity index (χ4v) is 3.74. The zero-order valence-corrected chi connectivity index (χ0v) is 16.6. The van der Waals surface area contributed by atoms with Gasteiger partial charge in [-0.25, -0.2) is 0 Å². The normalized spacial score (nSPS) is 19.7. The minimum absolute atomic E-state index is 0.353. The molecule has 1 unspecified atom stereocenters. The van der Waals surface area contributed by atoms with Gasteiger partial charge in [-0.3, -0.25) is 14.5 Å². The number of Topliss-reactive ketones (excluding diaryl/α,β-unsaturated/α-hetero) is 2. The molecule has 2 aliphatic heterocycles. The van der Waals surface area contributed by atoms with Crippen LogP contribution in [0.5, 0.6) is 5.75 Å². The van der Waals surface area contributed by atoms with E-state index in [2.05, 4.69) is 0 Å². The van der Waals surface area contributed by atoms with Crippen LogP contribution >= 0.6 is 0 Å². The molecule has 152 valence electrons. The van der Waals surface area contributed by atoms with Crippen molar-refractivity contribution in [1.82, 2.24) is 4.90 Å².